The number of nitrogens with one attached hydrogen (secondary N) is 1. The number of nitrogens with zero attached hydrogens (tertiary/aromatic N) is 2. The van der Waals surface area contributed by atoms with E-state index in [0.717, 1.165) is 10.2 Å². The van der Waals surface area contributed by atoms with Gasteiger partial charge >= 0.3 is 11.9 Å². The Balaban J connectivity index is 2.00. The number of thiophene rings is 1. The van der Waals surface area contributed by atoms with Crippen molar-refractivity contribution in [1.29, 1.82) is 0 Å². The number of ether oxygens (including phenoxy) is 2. The first-order valence-corrected chi connectivity index (χ1v) is 8.95. The van der Waals surface area contributed by atoms with Crippen LogP contribution in [-0.2, 0) is 9.47 Å². The number of aromatic nitrogens is 2. The van der Waals surface area contributed by atoms with Gasteiger partial charge in [0, 0.05) is 5.69 Å². The average Bonchev–Trinajstić information content (AvgIpc) is 3.12. The normalized spacial score (nSPS) is 10.5. The van der Waals surface area contributed by atoms with Crippen molar-refractivity contribution in [3.8, 4) is 0 Å². The van der Waals surface area contributed by atoms with Gasteiger partial charge in [-0.2, -0.15) is 0 Å². The Morgan fingerprint density at radius 3 is 2.31 bits per heavy atom. The number of benzene rings is 1. The van der Waals surface area contributed by atoms with Crippen molar-refractivity contribution in [2.24, 2.45) is 0 Å². The third-order valence-electron chi connectivity index (χ3n) is 3.48. The molecule has 0 unspecified atom stereocenters. The molecular formula is C18H17N3O4S. The molecule has 0 fully saturated rings. The Hall–Kier alpha value is -3.00. The van der Waals surface area contributed by atoms with Gasteiger partial charge < -0.3 is 14.8 Å². The van der Waals surface area contributed by atoms with Crippen molar-refractivity contribution in [2.75, 3.05) is 18.5 Å². The first-order chi connectivity index (χ1) is 12.6. The maximum absolute atomic E-state index is 12.1. The van der Waals surface area contributed by atoms with Crippen LogP contribution in [0.4, 0.5) is 11.5 Å². The van der Waals surface area contributed by atoms with E-state index < -0.39 is 11.9 Å². The molecule has 8 heteroatoms. The molecule has 0 bridgehead atoms. The summed E-state index contributed by atoms with van der Waals surface area (Å²) in [5, 5.41) is 5.93. The largest absolute Gasteiger partial charge is 0.462 e. The number of carbonyl (C=O) groups is 2. The first kappa shape index (κ1) is 17.8. The highest BCUT2D eigenvalue weighted by Crippen LogP contribution is 2.27. The molecule has 0 amide bonds. The van der Waals surface area contributed by atoms with Crippen LogP contribution in [-0.4, -0.2) is 35.1 Å². The lowest BCUT2D eigenvalue weighted by atomic mass is 10.1. The van der Waals surface area contributed by atoms with Gasteiger partial charge in [0.1, 0.15) is 17.0 Å². The van der Waals surface area contributed by atoms with Crippen LogP contribution >= 0.6 is 11.3 Å². The third-order valence-corrected chi connectivity index (χ3v) is 4.30. The fourth-order valence-corrected chi connectivity index (χ4v) is 3.12. The standard InChI is InChI=1S/C18H17N3O4S/c1-3-24-17(22)11-7-12(18(23)25-4-2)9-13(8-11)21-15-14-5-6-26-16(14)20-10-19-15/h5-10H,3-4H2,1-2H3,(H,19,20,21). The Labute approximate surface area is 154 Å². The highest BCUT2D eigenvalue weighted by atomic mass is 32.1. The van der Waals surface area contributed by atoms with Crippen molar-refractivity contribution < 1.29 is 19.1 Å². The van der Waals surface area contributed by atoms with E-state index in [-0.39, 0.29) is 24.3 Å². The van der Waals surface area contributed by atoms with Crippen molar-refractivity contribution >= 4 is 45.0 Å². The second-order valence-corrected chi connectivity index (χ2v) is 6.12. The number of esters is 2. The summed E-state index contributed by atoms with van der Waals surface area (Å²) >= 11 is 1.50. The van der Waals surface area contributed by atoms with E-state index in [9.17, 15) is 9.59 Å². The van der Waals surface area contributed by atoms with Gasteiger partial charge in [-0.15, -0.1) is 11.3 Å². The highest BCUT2D eigenvalue weighted by Gasteiger charge is 2.15. The van der Waals surface area contributed by atoms with Gasteiger partial charge in [-0.3, -0.25) is 0 Å². The van der Waals surface area contributed by atoms with Crippen LogP contribution in [0.2, 0.25) is 0 Å². The van der Waals surface area contributed by atoms with Crippen LogP contribution in [0, 0.1) is 0 Å². The molecule has 2 aromatic heterocycles. The van der Waals surface area contributed by atoms with Crippen LogP contribution in [0.3, 0.4) is 0 Å². The molecule has 3 rings (SSSR count). The number of carbonyl (C=O) groups excluding carboxylic acids is 2. The maximum Gasteiger partial charge on any atom is 0.338 e. The molecule has 3 aromatic rings. The summed E-state index contributed by atoms with van der Waals surface area (Å²) in [7, 11) is 0. The Bertz CT molecular complexity index is 918. The summed E-state index contributed by atoms with van der Waals surface area (Å²) < 4.78 is 10.1. The smallest absolute Gasteiger partial charge is 0.338 e. The van der Waals surface area contributed by atoms with Crippen LogP contribution in [0.1, 0.15) is 34.6 Å². The molecule has 26 heavy (non-hydrogen) atoms. The third kappa shape index (κ3) is 3.80. The Morgan fingerprint density at radius 2 is 1.69 bits per heavy atom. The van der Waals surface area contributed by atoms with E-state index >= 15 is 0 Å². The molecule has 0 saturated carbocycles. The van der Waals surface area contributed by atoms with Crippen molar-refractivity contribution in [3.63, 3.8) is 0 Å². The van der Waals surface area contributed by atoms with Crippen LogP contribution in [0.15, 0.2) is 36.0 Å². The molecule has 2 heterocycles. The fraction of sp³-hybridized carbons (Fsp3) is 0.222. The van der Waals surface area contributed by atoms with Gasteiger partial charge in [0.2, 0.25) is 0 Å². The van der Waals surface area contributed by atoms with Gasteiger partial charge in [0.25, 0.3) is 0 Å². The lowest BCUT2D eigenvalue weighted by molar-refractivity contribution is 0.0525. The van der Waals surface area contributed by atoms with Crippen molar-refractivity contribution in [2.45, 2.75) is 13.8 Å². The molecular weight excluding hydrogens is 354 g/mol. The van der Waals surface area contributed by atoms with Crippen LogP contribution in [0.25, 0.3) is 10.2 Å². The van der Waals surface area contributed by atoms with Crippen molar-refractivity contribution in [3.05, 3.63) is 47.1 Å². The Kier molecular flexibility index (Phi) is 5.43. The molecule has 0 aliphatic carbocycles. The van der Waals surface area contributed by atoms with Crippen LogP contribution in [0.5, 0.6) is 0 Å². The fourth-order valence-electron chi connectivity index (χ4n) is 2.39. The molecule has 0 aliphatic rings. The number of fused-ring (bicyclic) bond motifs is 1. The topological polar surface area (TPSA) is 90.4 Å². The van der Waals surface area contributed by atoms with Crippen molar-refractivity contribution in [1.82, 2.24) is 9.97 Å². The summed E-state index contributed by atoms with van der Waals surface area (Å²) in [6.07, 6.45) is 1.46. The molecule has 0 atom stereocenters. The molecule has 0 saturated heterocycles. The predicted octanol–water partition coefficient (Wildman–Crippen LogP) is 3.79. The minimum atomic E-state index is -0.509. The zero-order valence-electron chi connectivity index (χ0n) is 14.3. The van der Waals surface area contributed by atoms with E-state index in [0.29, 0.717) is 11.5 Å². The number of rotatable bonds is 6. The highest BCUT2D eigenvalue weighted by molar-refractivity contribution is 7.16. The van der Waals surface area contributed by atoms with E-state index in [4.69, 9.17) is 9.47 Å². The summed E-state index contributed by atoms with van der Waals surface area (Å²) in [6.45, 7) is 3.93. The molecule has 0 radical (unpaired) electrons. The Morgan fingerprint density at radius 1 is 1.04 bits per heavy atom. The van der Waals surface area contributed by atoms with Crippen LogP contribution < -0.4 is 5.32 Å². The second kappa shape index (κ2) is 7.92. The average molecular weight is 371 g/mol. The van der Waals surface area contributed by atoms with E-state index in [1.807, 2.05) is 11.4 Å². The van der Waals surface area contributed by atoms with Gasteiger partial charge in [-0.25, -0.2) is 19.6 Å². The monoisotopic (exact) mass is 371 g/mol. The maximum atomic E-state index is 12.1. The molecule has 1 N–H and O–H groups in total. The second-order valence-electron chi connectivity index (χ2n) is 5.23. The summed E-state index contributed by atoms with van der Waals surface area (Å²) in [4.78, 5) is 33.5. The molecule has 7 nitrogen and oxygen atoms in total. The molecule has 0 aliphatic heterocycles. The minimum Gasteiger partial charge on any atom is -0.462 e. The number of hydrogen-bond acceptors (Lipinski definition) is 8. The van der Waals surface area contributed by atoms with Gasteiger partial charge in [0.05, 0.1) is 29.7 Å². The molecule has 0 spiro atoms. The predicted molar refractivity (Wildman–Crippen MR) is 99.1 cm³/mol. The summed E-state index contributed by atoms with van der Waals surface area (Å²) in [6, 6.07) is 6.59. The summed E-state index contributed by atoms with van der Waals surface area (Å²) in [5.74, 6) is -0.429. The zero-order chi connectivity index (χ0) is 18.5. The quantitative estimate of drug-likeness (QED) is 0.659. The first-order valence-electron chi connectivity index (χ1n) is 8.07. The lowest BCUT2D eigenvalue weighted by Crippen LogP contribution is -2.10. The lowest BCUT2D eigenvalue weighted by Gasteiger charge is -2.11. The number of anilines is 2. The molecule has 1 aromatic carbocycles. The van der Waals surface area contributed by atoms with Gasteiger partial charge in [0.15, 0.2) is 0 Å². The van der Waals surface area contributed by atoms with E-state index in [2.05, 4.69) is 15.3 Å². The zero-order valence-corrected chi connectivity index (χ0v) is 15.1. The SMILES string of the molecule is CCOC(=O)c1cc(Nc2ncnc3sccc23)cc(C(=O)OCC)c1. The van der Waals surface area contributed by atoms with Gasteiger partial charge in [-0.1, -0.05) is 0 Å². The van der Waals surface area contributed by atoms with Gasteiger partial charge in [-0.05, 0) is 43.5 Å². The number of hydrogen-bond donors (Lipinski definition) is 1. The minimum absolute atomic E-state index is 0.243. The van der Waals surface area contributed by atoms with E-state index in [1.165, 1.54) is 23.7 Å². The molecule has 134 valence electrons. The van der Waals surface area contributed by atoms with E-state index in [1.54, 1.807) is 26.0 Å². The summed E-state index contributed by atoms with van der Waals surface area (Å²) in [5.41, 5.74) is 1.05.